The van der Waals surface area contributed by atoms with Gasteiger partial charge < -0.3 is 9.74 Å². The van der Waals surface area contributed by atoms with Gasteiger partial charge in [0.1, 0.15) is 5.82 Å². The number of pyridine rings is 1. The van der Waals surface area contributed by atoms with E-state index in [0.717, 1.165) is 24.5 Å². The van der Waals surface area contributed by atoms with E-state index >= 15 is 0 Å². The van der Waals surface area contributed by atoms with Gasteiger partial charge in [-0.2, -0.15) is 0 Å². The van der Waals surface area contributed by atoms with Crippen molar-refractivity contribution in [1.29, 1.82) is 0 Å². The van der Waals surface area contributed by atoms with Gasteiger partial charge >= 0.3 is 0 Å². The normalized spacial score (nSPS) is 17.5. The first-order valence-corrected chi connectivity index (χ1v) is 5.39. The molecular formula is C12H15N3. The molecule has 3 nitrogen and oxygen atoms in total. The van der Waals surface area contributed by atoms with Crippen LogP contribution in [-0.4, -0.2) is 18.1 Å². The number of hydrogen-bond donors (Lipinski definition) is 0. The third kappa shape index (κ3) is 1.94. The van der Waals surface area contributed by atoms with E-state index in [1.807, 2.05) is 25.3 Å². The maximum absolute atomic E-state index is 7.09. The lowest BCUT2D eigenvalue weighted by Crippen LogP contribution is -2.20. The molecule has 1 saturated heterocycles. The van der Waals surface area contributed by atoms with Crippen molar-refractivity contribution in [2.24, 2.45) is 0 Å². The molecule has 0 aliphatic carbocycles. The minimum atomic E-state index is -0.0886. The van der Waals surface area contributed by atoms with E-state index in [1.54, 1.807) is 0 Å². The zero-order valence-electron chi connectivity index (χ0n) is 8.98. The number of rotatable bonds is 2. The second-order valence-corrected chi connectivity index (χ2v) is 3.92. The van der Waals surface area contributed by atoms with Crippen molar-refractivity contribution >= 4 is 5.82 Å². The molecule has 0 aromatic carbocycles. The van der Waals surface area contributed by atoms with Gasteiger partial charge in [-0.15, -0.1) is 0 Å². The highest BCUT2D eigenvalue weighted by molar-refractivity contribution is 5.49. The molecule has 1 fully saturated rings. The molecule has 1 aromatic rings. The summed E-state index contributed by atoms with van der Waals surface area (Å²) in [4.78, 5) is 10.3. The molecule has 0 spiro atoms. The van der Waals surface area contributed by atoms with Crippen LogP contribution in [-0.2, 0) is 0 Å². The number of nitrogens with zero attached hydrogens (tertiary/aromatic N) is 3. The highest BCUT2D eigenvalue weighted by Crippen LogP contribution is 2.28. The molecule has 2 rings (SSSR count). The summed E-state index contributed by atoms with van der Waals surface area (Å²) in [7, 11) is 0. The summed E-state index contributed by atoms with van der Waals surface area (Å²) >= 11 is 0. The third-order valence-corrected chi connectivity index (χ3v) is 2.87. The minimum absolute atomic E-state index is 0.0886. The van der Waals surface area contributed by atoms with Crippen molar-refractivity contribution in [3.8, 4) is 0 Å². The zero-order chi connectivity index (χ0) is 10.7. The fourth-order valence-electron chi connectivity index (χ4n) is 2.00. The Morgan fingerprint density at radius 3 is 2.87 bits per heavy atom. The lowest BCUT2D eigenvalue weighted by molar-refractivity contribution is 0.878. The van der Waals surface area contributed by atoms with Crippen LogP contribution in [0.25, 0.3) is 4.85 Å². The summed E-state index contributed by atoms with van der Waals surface area (Å²) in [5, 5.41) is 0. The van der Waals surface area contributed by atoms with Crippen LogP contribution in [0.2, 0.25) is 0 Å². The molecule has 0 N–H and O–H groups in total. The second kappa shape index (κ2) is 4.31. The van der Waals surface area contributed by atoms with E-state index in [1.165, 1.54) is 12.8 Å². The zero-order valence-corrected chi connectivity index (χ0v) is 8.98. The Labute approximate surface area is 90.6 Å². The van der Waals surface area contributed by atoms with Crippen molar-refractivity contribution in [2.75, 3.05) is 18.0 Å². The fraction of sp³-hybridized carbons (Fsp3) is 0.500. The van der Waals surface area contributed by atoms with E-state index in [9.17, 15) is 0 Å². The summed E-state index contributed by atoms with van der Waals surface area (Å²) < 4.78 is 0. The molecule has 15 heavy (non-hydrogen) atoms. The molecule has 3 heteroatoms. The van der Waals surface area contributed by atoms with E-state index < -0.39 is 0 Å². The van der Waals surface area contributed by atoms with Gasteiger partial charge in [0, 0.05) is 26.2 Å². The topological polar surface area (TPSA) is 20.5 Å². The van der Waals surface area contributed by atoms with Crippen LogP contribution in [0.15, 0.2) is 18.3 Å². The van der Waals surface area contributed by atoms with Crippen LogP contribution < -0.4 is 4.90 Å². The van der Waals surface area contributed by atoms with Gasteiger partial charge in [-0.05, 0) is 25.0 Å². The Bertz CT molecular complexity index is 375. The number of aromatic nitrogens is 1. The van der Waals surface area contributed by atoms with Crippen molar-refractivity contribution in [2.45, 2.75) is 25.8 Å². The summed E-state index contributed by atoms with van der Waals surface area (Å²) in [6.45, 7) is 11.2. The fourth-order valence-corrected chi connectivity index (χ4v) is 2.00. The van der Waals surface area contributed by atoms with E-state index in [2.05, 4.69) is 14.7 Å². The summed E-state index contributed by atoms with van der Waals surface area (Å²) in [5.41, 5.74) is 1.06. The number of anilines is 1. The van der Waals surface area contributed by atoms with Crippen LogP contribution in [0.1, 0.15) is 31.4 Å². The standard InChI is InChI=1S/C12H15N3/c1-10(13-2)11-6-5-7-14-12(11)15-8-3-4-9-15/h5-7,10H,3-4,8-9H2,1H3. The minimum Gasteiger partial charge on any atom is -0.356 e. The van der Waals surface area contributed by atoms with Gasteiger partial charge in [-0.25, -0.2) is 11.6 Å². The predicted molar refractivity (Wildman–Crippen MR) is 60.7 cm³/mol. The molecule has 1 atom stereocenters. The summed E-state index contributed by atoms with van der Waals surface area (Å²) in [5.74, 6) is 1.01. The van der Waals surface area contributed by atoms with Gasteiger partial charge in [-0.3, -0.25) is 0 Å². The lowest BCUT2D eigenvalue weighted by atomic mass is 10.1. The highest BCUT2D eigenvalue weighted by atomic mass is 15.2. The van der Waals surface area contributed by atoms with Crippen molar-refractivity contribution < 1.29 is 0 Å². The van der Waals surface area contributed by atoms with Crippen molar-refractivity contribution in [3.63, 3.8) is 0 Å². The Morgan fingerprint density at radius 2 is 2.20 bits per heavy atom. The first-order valence-electron chi connectivity index (χ1n) is 5.39. The third-order valence-electron chi connectivity index (χ3n) is 2.87. The van der Waals surface area contributed by atoms with Crippen LogP contribution in [0.3, 0.4) is 0 Å². The predicted octanol–water partition coefficient (Wildman–Crippen LogP) is 2.66. The van der Waals surface area contributed by atoms with Crippen LogP contribution in [0.5, 0.6) is 0 Å². The first-order chi connectivity index (χ1) is 7.33. The molecule has 1 aromatic heterocycles. The molecular weight excluding hydrogens is 186 g/mol. The Kier molecular flexibility index (Phi) is 2.86. The van der Waals surface area contributed by atoms with Crippen LogP contribution in [0.4, 0.5) is 5.82 Å². The van der Waals surface area contributed by atoms with Gasteiger partial charge in [-0.1, -0.05) is 0 Å². The average molecular weight is 201 g/mol. The molecule has 1 unspecified atom stereocenters. The van der Waals surface area contributed by atoms with Crippen molar-refractivity contribution in [3.05, 3.63) is 35.3 Å². The van der Waals surface area contributed by atoms with Gasteiger partial charge in [0.15, 0.2) is 0 Å². The largest absolute Gasteiger partial charge is 0.356 e. The van der Waals surface area contributed by atoms with Gasteiger partial charge in [0.25, 0.3) is 0 Å². The average Bonchev–Trinajstić information content (AvgIpc) is 2.81. The van der Waals surface area contributed by atoms with Gasteiger partial charge in [0.05, 0.1) is 5.56 Å². The first kappa shape index (κ1) is 9.97. The molecule has 2 heterocycles. The quantitative estimate of drug-likeness (QED) is 0.686. The molecule has 0 saturated carbocycles. The smallest absolute Gasteiger partial charge is 0.249 e. The Morgan fingerprint density at radius 1 is 1.47 bits per heavy atom. The lowest BCUT2D eigenvalue weighted by Gasteiger charge is -2.19. The molecule has 1 aliphatic heterocycles. The van der Waals surface area contributed by atoms with Gasteiger partial charge in [0.2, 0.25) is 6.04 Å². The molecule has 0 amide bonds. The maximum atomic E-state index is 7.09. The molecule has 0 bridgehead atoms. The number of hydrogen-bond acceptors (Lipinski definition) is 2. The van der Waals surface area contributed by atoms with Crippen LogP contribution in [0, 0.1) is 6.57 Å². The highest BCUT2D eigenvalue weighted by Gasteiger charge is 2.21. The Balaban J connectivity index is 2.33. The Hall–Kier alpha value is -1.56. The van der Waals surface area contributed by atoms with E-state index in [0.29, 0.717) is 0 Å². The molecule has 0 radical (unpaired) electrons. The van der Waals surface area contributed by atoms with E-state index in [-0.39, 0.29) is 6.04 Å². The second-order valence-electron chi connectivity index (χ2n) is 3.92. The van der Waals surface area contributed by atoms with Crippen molar-refractivity contribution in [1.82, 2.24) is 4.98 Å². The van der Waals surface area contributed by atoms with E-state index in [4.69, 9.17) is 6.57 Å². The monoisotopic (exact) mass is 201 g/mol. The SMILES string of the molecule is [C-]#[N+]C(C)c1cccnc1N1CCCC1. The van der Waals surface area contributed by atoms with Crippen LogP contribution >= 0.6 is 0 Å². The molecule has 1 aliphatic rings. The summed E-state index contributed by atoms with van der Waals surface area (Å²) in [6.07, 6.45) is 4.29. The summed E-state index contributed by atoms with van der Waals surface area (Å²) in [6, 6.07) is 3.84. The molecule has 78 valence electrons. The maximum Gasteiger partial charge on any atom is 0.249 e.